The molecule has 0 aliphatic carbocycles. The maximum Gasteiger partial charge on any atom is 0.260 e. The quantitative estimate of drug-likeness (QED) is 0.385. The predicted octanol–water partition coefficient (Wildman–Crippen LogP) is 6.28. The van der Waals surface area contributed by atoms with Crippen LogP contribution in [0.4, 0.5) is 5.13 Å². The molecular weight excluding hydrogens is 390 g/mol. The van der Waals surface area contributed by atoms with Crippen molar-refractivity contribution in [2.24, 2.45) is 0 Å². The second-order valence-corrected chi connectivity index (χ2v) is 8.87. The molecule has 0 atom stereocenters. The van der Waals surface area contributed by atoms with Crippen molar-refractivity contribution in [3.05, 3.63) is 88.7 Å². The average Bonchev–Trinajstić information content (AvgIpc) is 3.18. The number of hydrogen-bond donors (Lipinski definition) is 0. The molecule has 0 spiro atoms. The second kappa shape index (κ2) is 8.36. The number of carbonyl (C=O) groups is 1. The first-order chi connectivity index (χ1) is 14.4. The first-order valence-electron chi connectivity index (χ1n) is 10.1. The Morgan fingerprint density at radius 2 is 1.87 bits per heavy atom. The van der Waals surface area contributed by atoms with Crippen molar-refractivity contribution in [1.82, 2.24) is 9.97 Å². The predicted molar refractivity (Wildman–Crippen MR) is 124 cm³/mol. The largest absolute Gasteiger partial charge is 0.278 e. The minimum Gasteiger partial charge on any atom is -0.278 e. The molecule has 0 aliphatic heterocycles. The number of hydrogen-bond acceptors (Lipinski definition) is 4. The minimum atomic E-state index is -0.0612. The van der Waals surface area contributed by atoms with Gasteiger partial charge in [0.25, 0.3) is 5.91 Å². The highest BCUT2D eigenvalue weighted by atomic mass is 32.1. The Hall–Kier alpha value is -3.05. The fourth-order valence-corrected chi connectivity index (χ4v) is 4.45. The Morgan fingerprint density at radius 1 is 1.03 bits per heavy atom. The number of thiazole rings is 1. The summed E-state index contributed by atoms with van der Waals surface area (Å²) in [7, 11) is 0. The fraction of sp³-hybridized carbons (Fsp3) is 0.240. The zero-order valence-electron chi connectivity index (χ0n) is 17.7. The number of aromatic nitrogens is 2. The molecule has 2 heterocycles. The van der Waals surface area contributed by atoms with E-state index in [1.807, 2.05) is 43.3 Å². The summed E-state index contributed by atoms with van der Waals surface area (Å²) in [6, 6.07) is 17.9. The van der Waals surface area contributed by atoms with Crippen LogP contribution in [-0.4, -0.2) is 15.9 Å². The number of carbonyl (C=O) groups excluding carboxylic acids is 1. The van der Waals surface area contributed by atoms with E-state index in [9.17, 15) is 4.79 Å². The van der Waals surface area contributed by atoms with Crippen molar-refractivity contribution >= 4 is 32.6 Å². The molecule has 5 heteroatoms. The number of fused-ring (bicyclic) bond motifs is 1. The van der Waals surface area contributed by atoms with Gasteiger partial charge in [-0.3, -0.25) is 14.7 Å². The Kier molecular flexibility index (Phi) is 5.64. The van der Waals surface area contributed by atoms with Crippen LogP contribution in [0, 0.1) is 13.8 Å². The van der Waals surface area contributed by atoms with Crippen molar-refractivity contribution < 1.29 is 4.79 Å². The standard InChI is InChI=1S/C25H25N3OS/c1-16(2)21-9-7-10-22-23(21)27-25(30-22)28(15-20-8-5-6-13-26-20)24(29)19-12-11-17(3)18(4)14-19/h5-14,16H,15H2,1-4H3. The first kappa shape index (κ1) is 20.2. The molecule has 0 saturated carbocycles. The summed E-state index contributed by atoms with van der Waals surface area (Å²) in [5.41, 5.74) is 5.95. The fourth-order valence-electron chi connectivity index (χ4n) is 3.45. The highest BCUT2D eigenvalue weighted by Gasteiger charge is 2.23. The zero-order chi connectivity index (χ0) is 21.3. The molecule has 0 bridgehead atoms. The van der Waals surface area contributed by atoms with E-state index in [2.05, 4.69) is 44.0 Å². The summed E-state index contributed by atoms with van der Waals surface area (Å²) >= 11 is 1.55. The summed E-state index contributed by atoms with van der Waals surface area (Å²) in [5.74, 6) is 0.303. The number of pyridine rings is 1. The number of benzene rings is 2. The van der Waals surface area contributed by atoms with Crippen LogP contribution in [0.2, 0.25) is 0 Å². The van der Waals surface area contributed by atoms with Gasteiger partial charge in [-0.25, -0.2) is 4.98 Å². The first-order valence-corrected chi connectivity index (χ1v) is 10.9. The average molecular weight is 416 g/mol. The van der Waals surface area contributed by atoms with Crippen LogP contribution in [0.5, 0.6) is 0 Å². The van der Waals surface area contributed by atoms with Gasteiger partial charge in [-0.15, -0.1) is 0 Å². The molecule has 0 fully saturated rings. The third-order valence-electron chi connectivity index (χ3n) is 5.34. The third kappa shape index (κ3) is 3.98. The van der Waals surface area contributed by atoms with E-state index in [1.54, 1.807) is 22.4 Å². The van der Waals surface area contributed by atoms with E-state index in [-0.39, 0.29) is 5.91 Å². The molecule has 4 aromatic rings. The van der Waals surface area contributed by atoms with Crippen molar-refractivity contribution in [2.75, 3.05) is 4.90 Å². The van der Waals surface area contributed by atoms with E-state index in [1.165, 1.54) is 11.1 Å². The van der Waals surface area contributed by atoms with E-state index >= 15 is 0 Å². The van der Waals surface area contributed by atoms with Gasteiger partial charge < -0.3 is 0 Å². The van der Waals surface area contributed by atoms with Gasteiger partial charge in [0.05, 0.1) is 22.5 Å². The minimum absolute atomic E-state index is 0.0612. The molecule has 0 radical (unpaired) electrons. The van der Waals surface area contributed by atoms with Gasteiger partial charge in [-0.1, -0.05) is 49.4 Å². The van der Waals surface area contributed by atoms with E-state index in [0.29, 0.717) is 23.2 Å². The molecular formula is C25H25N3OS. The number of aryl methyl sites for hydroxylation is 2. The lowest BCUT2D eigenvalue weighted by Gasteiger charge is -2.20. The van der Waals surface area contributed by atoms with Gasteiger partial charge in [0, 0.05) is 11.8 Å². The van der Waals surface area contributed by atoms with Crippen molar-refractivity contribution in [1.29, 1.82) is 0 Å². The Bertz CT molecular complexity index is 1200. The number of amides is 1. The molecule has 4 nitrogen and oxygen atoms in total. The Labute approximate surface area is 181 Å². The molecule has 4 rings (SSSR count). The van der Waals surface area contributed by atoms with Crippen molar-refractivity contribution in [3.63, 3.8) is 0 Å². The van der Waals surface area contributed by atoms with E-state index in [4.69, 9.17) is 4.98 Å². The van der Waals surface area contributed by atoms with Crippen LogP contribution in [-0.2, 0) is 6.54 Å². The topological polar surface area (TPSA) is 46.1 Å². The Balaban J connectivity index is 1.81. The van der Waals surface area contributed by atoms with Gasteiger partial charge in [-0.2, -0.15) is 0 Å². The highest BCUT2D eigenvalue weighted by Crippen LogP contribution is 2.34. The van der Waals surface area contributed by atoms with Gasteiger partial charge >= 0.3 is 0 Å². The van der Waals surface area contributed by atoms with Crippen LogP contribution < -0.4 is 4.90 Å². The summed E-state index contributed by atoms with van der Waals surface area (Å²) in [5, 5.41) is 0.701. The van der Waals surface area contributed by atoms with Crippen LogP contribution in [0.3, 0.4) is 0 Å². The smallest absolute Gasteiger partial charge is 0.260 e. The maximum atomic E-state index is 13.6. The number of rotatable bonds is 5. The highest BCUT2D eigenvalue weighted by molar-refractivity contribution is 7.22. The van der Waals surface area contributed by atoms with E-state index < -0.39 is 0 Å². The maximum absolute atomic E-state index is 13.6. The Morgan fingerprint density at radius 3 is 2.57 bits per heavy atom. The van der Waals surface area contributed by atoms with Crippen molar-refractivity contribution in [3.8, 4) is 0 Å². The van der Waals surface area contributed by atoms with Gasteiger partial charge in [-0.05, 0) is 66.8 Å². The van der Waals surface area contributed by atoms with Gasteiger partial charge in [0.1, 0.15) is 0 Å². The molecule has 0 aliphatic rings. The summed E-state index contributed by atoms with van der Waals surface area (Å²) in [6.45, 7) is 8.79. The van der Waals surface area contributed by atoms with Crippen LogP contribution in [0.25, 0.3) is 10.2 Å². The second-order valence-electron chi connectivity index (χ2n) is 7.86. The van der Waals surface area contributed by atoms with E-state index in [0.717, 1.165) is 21.5 Å². The number of anilines is 1. The molecule has 30 heavy (non-hydrogen) atoms. The molecule has 152 valence electrons. The van der Waals surface area contributed by atoms with Crippen LogP contribution in [0.15, 0.2) is 60.8 Å². The third-order valence-corrected chi connectivity index (χ3v) is 6.38. The lowest BCUT2D eigenvalue weighted by Crippen LogP contribution is -2.30. The molecule has 0 N–H and O–H groups in total. The SMILES string of the molecule is Cc1ccc(C(=O)N(Cc2ccccn2)c2nc3c(C(C)C)cccc3s2)cc1C. The number of para-hydroxylation sites is 1. The normalized spacial score (nSPS) is 11.2. The summed E-state index contributed by atoms with van der Waals surface area (Å²) < 4.78 is 1.09. The lowest BCUT2D eigenvalue weighted by atomic mass is 10.0. The summed E-state index contributed by atoms with van der Waals surface area (Å²) in [4.78, 5) is 24.7. The molecule has 0 saturated heterocycles. The lowest BCUT2D eigenvalue weighted by molar-refractivity contribution is 0.0984. The molecule has 2 aromatic carbocycles. The van der Waals surface area contributed by atoms with Crippen LogP contribution >= 0.6 is 11.3 Å². The monoisotopic (exact) mass is 415 g/mol. The molecule has 0 unspecified atom stereocenters. The van der Waals surface area contributed by atoms with Gasteiger partial charge in [0.2, 0.25) is 0 Å². The summed E-state index contributed by atoms with van der Waals surface area (Å²) in [6.07, 6.45) is 1.75. The number of nitrogens with zero attached hydrogens (tertiary/aromatic N) is 3. The molecule has 1 amide bonds. The van der Waals surface area contributed by atoms with Crippen molar-refractivity contribution in [2.45, 2.75) is 40.2 Å². The van der Waals surface area contributed by atoms with Crippen LogP contribution in [0.1, 0.15) is 52.5 Å². The molecule has 2 aromatic heterocycles. The zero-order valence-corrected chi connectivity index (χ0v) is 18.5. The van der Waals surface area contributed by atoms with Gasteiger partial charge in [0.15, 0.2) is 5.13 Å².